The van der Waals surface area contributed by atoms with E-state index in [9.17, 15) is 10.2 Å². The first-order valence-corrected chi connectivity index (χ1v) is 9.79. The molecule has 4 heteroatoms. The number of hydrogen-bond acceptors (Lipinski definition) is 2. The average molecular weight is 383 g/mol. The third kappa shape index (κ3) is 4.17. The Morgan fingerprint density at radius 1 is 1.20 bits per heavy atom. The summed E-state index contributed by atoms with van der Waals surface area (Å²) in [6, 6.07) is 0. The molecule has 0 aliphatic heterocycles. The molecule has 2 N–H and O–H groups in total. The van der Waals surface area contributed by atoms with Gasteiger partial charge in [0.15, 0.2) is 0 Å². The topological polar surface area (TPSA) is 40.5 Å². The van der Waals surface area contributed by atoms with Gasteiger partial charge in [0.25, 0.3) is 0 Å². The van der Waals surface area contributed by atoms with Gasteiger partial charge in [-0.25, -0.2) is 0 Å². The van der Waals surface area contributed by atoms with Crippen molar-refractivity contribution < 1.29 is 10.2 Å². The number of unbranched alkanes of at least 4 members (excludes halogenated alkanes) is 2. The molecule has 0 aromatic heterocycles. The van der Waals surface area contributed by atoms with Crippen molar-refractivity contribution in [1.29, 1.82) is 0 Å². The van der Waals surface area contributed by atoms with E-state index in [1.807, 2.05) is 6.92 Å². The highest BCUT2D eigenvalue weighted by molar-refractivity contribution is 6.38. The number of phenols is 2. The van der Waals surface area contributed by atoms with Gasteiger partial charge >= 0.3 is 0 Å². The van der Waals surface area contributed by atoms with E-state index >= 15 is 0 Å². The van der Waals surface area contributed by atoms with Crippen molar-refractivity contribution in [3.05, 3.63) is 45.0 Å². The number of allylic oxidation sites excluding steroid dienone is 3. The Bertz CT molecular complexity index is 663. The summed E-state index contributed by atoms with van der Waals surface area (Å²) in [6.07, 6.45) is 7.74. The molecule has 0 fully saturated rings. The van der Waals surface area contributed by atoms with Gasteiger partial charge in [0.2, 0.25) is 0 Å². The van der Waals surface area contributed by atoms with E-state index in [1.165, 1.54) is 5.57 Å². The van der Waals surface area contributed by atoms with Crippen LogP contribution in [0.4, 0.5) is 0 Å². The van der Waals surface area contributed by atoms with Crippen LogP contribution < -0.4 is 0 Å². The second kappa shape index (κ2) is 8.51. The normalized spacial score (nSPS) is 20.4. The molecule has 0 saturated heterocycles. The van der Waals surface area contributed by atoms with Crippen molar-refractivity contribution >= 4 is 23.2 Å². The van der Waals surface area contributed by atoms with E-state index in [0.29, 0.717) is 17.5 Å². The van der Waals surface area contributed by atoms with Gasteiger partial charge in [-0.2, -0.15) is 0 Å². The zero-order valence-corrected chi connectivity index (χ0v) is 16.8. The highest BCUT2D eigenvalue weighted by atomic mass is 35.5. The maximum Gasteiger partial charge on any atom is 0.142 e. The summed E-state index contributed by atoms with van der Waals surface area (Å²) in [5, 5.41) is 22.1. The number of halogens is 2. The van der Waals surface area contributed by atoms with Gasteiger partial charge in [0.1, 0.15) is 11.5 Å². The molecule has 25 heavy (non-hydrogen) atoms. The van der Waals surface area contributed by atoms with Crippen LogP contribution in [-0.4, -0.2) is 10.2 Å². The van der Waals surface area contributed by atoms with Crippen LogP contribution >= 0.6 is 23.2 Å². The fraction of sp³-hybridized carbons (Fsp3) is 0.524. The van der Waals surface area contributed by atoms with Crippen LogP contribution in [0.15, 0.2) is 23.8 Å². The smallest absolute Gasteiger partial charge is 0.142 e. The van der Waals surface area contributed by atoms with Crippen LogP contribution in [-0.2, 0) is 6.42 Å². The second-order valence-electron chi connectivity index (χ2n) is 7.20. The van der Waals surface area contributed by atoms with E-state index in [1.54, 1.807) is 0 Å². The average Bonchev–Trinajstić information content (AvgIpc) is 2.56. The largest absolute Gasteiger partial charge is 0.506 e. The van der Waals surface area contributed by atoms with Crippen LogP contribution in [0.5, 0.6) is 11.5 Å². The maximum atomic E-state index is 10.8. The van der Waals surface area contributed by atoms with Gasteiger partial charge in [0.05, 0.1) is 10.0 Å². The summed E-state index contributed by atoms with van der Waals surface area (Å²) in [7, 11) is 0. The lowest BCUT2D eigenvalue weighted by molar-refractivity contribution is 0.406. The maximum absolute atomic E-state index is 10.8. The monoisotopic (exact) mass is 382 g/mol. The number of phenolic OH excluding ortho intramolecular Hbond substituents is 2. The van der Waals surface area contributed by atoms with Gasteiger partial charge in [-0.05, 0) is 51.0 Å². The van der Waals surface area contributed by atoms with Crippen molar-refractivity contribution in [2.75, 3.05) is 0 Å². The first kappa shape index (κ1) is 20.2. The lowest BCUT2D eigenvalue weighted by Crippen LogP contribution is -2.17. The predicted molar refractivity (Wildman–Crippen MR) is 107 cm³/mol. The van der Waals surface area contributed by atoms with Crippen molar-refractivity contribution in [1.82, 2.24) is 0 Å². The van der Waals surface area contributed by atoms with Crippen molar-refractivity contribution in [2.24, 2.45) is 5.92 Å². The van der Waals surface area contributed by atoms with Crippen LogP contribution in [0.2, 0.25) is 10.0 Å². The Morgan fingerprint density at radius 3 is 2.32 bits per heavy atom. The Hall–Kier alpha value is -1.12. The van der Waals surface area contributed by atoms with Gasteiger partial charge in [0, 0.05) is 11.5 Å². The van der Waals surface area contributed by atoms with Gasteiger partial charge < -0.3 is 10.2 Å². The predicted octanol–water partition coefficient (Wildman–Crippen LogP) is 7.15. The van der Waals surface area contributed by atoms with E-state index in [0.717, 1.165) is 37.7 Å². The van der Waals surface area contributed by atoms with Gasteiger partial charge in [-0.1, -0.05) is 66.8 Å². The third-order valence-electron chi connectivity index (χ3n) is 5.20. The lowest BCUT2D eigenvalue weighted by atomic mass is 9.73. The Kier molecular flexibility index (Phi) is 6.87. The first-order chi connectivity index (χ1) is 11.8. The number of hydrogen-bond donors (Lipinski definition) is 2. The summed E-state index contributed by atoms with van der Waals surface area (Å²) in [5.41, 5.74) is 3.34. The summed E-state index contributed by atoms with van der Waals surface area (Å²) >= 11 is 12.9. The van der Waals surface area contributed by atoms with Gasteiger partial charge in [-0.3, -0.25) is 0 Å². The molecule has 0 saturated carbocycles. The zero-order chi connectivity index (χ0) is 18.7. The standard InChI is InChI=1S/C21H28Cl2O2/c1-5-6-7-8-15-18(22)20(24)17(21(25)19(15)23)16-11-13(4)9-10-14(16)12(2)3/h11,14,16,24-25H,2,5-10H2,1,3-4H3/t14-,16?/m0/s1. The molecule has 1 unspecified atom stereocenters. The zero-order valence-electron chi connectivity index (χ0n) is 15.3. The Morgan fingerprint density at radius 2 is 1.80 bits per heavy atom. The Balaban J connectivity index is 2.54. The Labute approximate surface area is 161 Å². The van der Waals surface area contributed by atoms with Crippen molar-refractivity contribution in [3.8, 4) is 11.5 Å². The molecule has 1 aromatic carbocycles. The fourth-order valence-corrected chi connectivity index (χ4v) is 4.35. The number of rotatable bonds is 6. The molecule has 2 nitrogen and oxygen atoms in total. The van der Waals surface area contributed by atoms with Crippen LogP contribution in [0.3, 0.4) is 0 Å². The summed E-state index contributed by atoms with van der Waals surface area (Å²) < 4.78 is 0. The van der Waals surface area contributed by atoms with Crippen molar-refractivity contribution in [2.45, 2.75) is 65.2 Å². The SMILES string of the molecule is C=C(C)[C@@H]1CCC(C)=CC1c1c(O)c(Cl)c(CCCCC)c(Cl)c1O. The third-order valence-corrected chi connectivity index (χ3v) is 6.01. The highest BCUT2D eigenvalue weighted by Gasteiger charge is 2.33. The summed E-state index contributed by atoms with van der Waals surface area (Å²) in [4.78, 5) is 0. The fourth-order valence-electron chi connectivity index (χ4n) is 3.72. The van der Waals surface area contributed by atoms with Gasteiger partial charge in [-0.15, -0.1) is 0 Å². The number of aromatic hydroxyl groups is 2. The molecule has 0 heterocycles. The molecule has 2 rings (SSSR count). The molecule has 1 aliphatic carbocycles. The first-order valence-electron chi connectivity index (χ1n) is 9.03. The molecule has 0 amide bonds. The molecule has 0 radical (unpaired) electrons. The minimum absolute atomic E-state index is 0.0442. The van der Waals surface area contributed by atoms with E-state index in [-0.39, 0.29) is 33.4 Å². The summed E-state index contributed by atoms with van der Waals surface area (Å²) in [5.74, 6) is -0.0981. The molecule has 1 aliphatic rings. The van der Waals surface area contributed by atoms with Crippen LogP contribution in [0, 0.1) is 5.92 Å². The highest BCUT2D eigenvalue weighted by Crippen LogP contribution is 2.52. The molecule has 2 atom stereocenters. The molecule has 0 spiro atoms. The van der Waals surface area contributed by atoms with Crippen LogP contribution in [0.1, 0.15) is 69.9 Å². The lowest BCUT2D eigenvalue weighted by Gasteiger charge is -2.32. The molecule has 1 aromatic rings. The molecule has 0 bridgehead atoms. The minimum atomic E-state index is -0.161. The van der Waals surface area contributed by atoms with E-state index in [4.69, 9.17) is 23.2 Å². The molecular formula is C21H28Cl2O2. The molecule has 138 valence electrons. The van der Waals surface area contributed by atoms with E-state index < -0.39 is 0 Å². The molecular weight excluding hydrogens is 355 g/mol. The minimum Gasteiger partial charge on any atom is -0.506 e. The second-order valence-corrected chi connectivity index (χ2v) is 7.96. The van der Waals surface area contributed by atoms with Crippen molar-refractivity contribution in [3.63, 3.8) is 0 Å². The number of benzene rings is 1. The van der Waals surface area contributed by atoms with E-state index in [2.05, 4.69) is 26.5 Å². The summed E-state index contributed by atoms with van der Waals surface area (Å²) in [6.45, 7) is 10.3. The quantitative estimate of drug-likeness (QED) is 0.404. The van der Waals surface area contributed by atoms with Crippen LogP contribution in [0.25, 0.3) is 0 Å².